The van der Waals surface area contributed by atoms with Crippen molar-refractivity contribution in [2.24, 2.45) is 0 Å². The summed E-state index contributed by atoms with van der Waals surface area (Å²) in [6.07, 6.45) is 0.760. The molecule has 6 heteroatoms. The number of imide groups is 1. The Balaban J connectivity index is 1.46. The summed E-state index contributed by atoms with van der Waals surface area (Å²) in [4.78, 5) is 29.5. The van der Waals surface area contributed by atoms with Gasteiger partial charge in [0.2, 0.25) is 11.8 Å². The molecule has 1 aromatic carbocycles. The molecule has 2 saturated heterocycles. The third-order valence-electron chi connectivity index (χ3n) is 5.10. The number of rotatable bonds is 5. The van der Waals surface area contributed by atoms with E-state index in [0.717, 1.165) is 37.7 Å². The van der Waals surface area contributed by atoms with Crippen LogP contribution in [0.1, 0.15) is 31.4 Å². The van der Waals surface area contributed by atoms with Crippen LogP contribution in [0.25, 0.3) is 0 Å². The van der Waals surface area contributed by atoms with Crippen molar-refractivity contribution in [1.29, 1.82) is 0 Å². The average molecular weight is 350 g/mol. The van der Waals surface area contributed by atoms with Crippen molar-refractivity contribution in [3.05, 3.63) is 34.9 Å². The number of amides is 2. The number of carbonyl (C=O) groups excluding carboxylic acids is 2. The molecule has 2 aliphatic heterocycles. The van der Waals surface area contributed by atoms with E-state index in [2.05, 4.69) is 28.9 Å². The van der Waals surface area contributed by atoms with Gasteiger partial charge in [-0.15, -0.1) is 0 Å². The van der Waals surface area contributed by atoms with Crippen LogP contribution in [0, 0.1) is 0 Å². The predicted molar refractivity (Wildman–Crippen MR) is 93.8 cm³/mol. The molecule has 1 atom stereocenters. The molecule has 2 aliphatic rings. The summed E-state index contributed by atoms with van der Waals surface area (Å²) < 4.78 is 0. The van der Waals surface area contributed by atoms with Gasteiger partial charge in [-0.25, -0.2) is 0 Å². The lowest BCUT2D eigenvalue weighted by Gasteiger charge is -2.38. The molecule has 130 valence electrons. The first-order chi connectivity index (χ1) is 11.5. The second kappa shape index (κ2) is 7.64. The van der Waals surface area contributed by atoms with Crippen LogP contribution in [0.15, 0.2) is 24.3 Å². The minimum absolute atomic E-state index is 0.0185. The van der Waals surface area contributed by atoms with Crippen LogP contribution < -0.4 is 0 Å². The zero-order valence-corrected chi connectivity index (χ0v) is 14.8. The Hall–Kier alpha value is -1.43. The number of piperazine rings is 1. The van der Waals surface area contributed by atoms with Crippen molar-refractivity contribution in [1.82, 2.24) is 14.7 Å². The van der Waals surface area contributed by atoms with Crippen LogP contribution in [0.4, 0.5) is 0 Å². The van der Waals surface area contributed by atoms with Crippen LogP contribution in [0.5, 0.6) is 0 Å². The van der Waals surface area contributed by atoms with Gasteiger partial charge < -0.3 is 0 Å². The maximum absolute atomic E-state index is 11.6. The van der Waals surface area contributed by atoms with Gasteiger partial charge >= 0.3 is 0 Å². The molecular formula is C18H24ClN3O2. The van der Waals surface area contributed by atoms with Gasteiger partial charge in [0.25, 0.3) is 0 Å². The van der Waals surface area contributed by atoms with Gasteiger partial charge in [0.1, 0.15) is 0 Å². The molecule has 3 rings (SSSR count). The minimum atomic E-state index is -0.0185. The predicted octanol–water partition coefficient (Wildman–Crippen LogP) is 2.17. The second-order valence-corrected chi connectivity index (χ2v) is 6.98. The highest BCUT2D eigenvalue weighted by Crippen LogP contribution is 2.23. The Kier molecular flexibility index (Phi) is 5.54. The van der Waals surface area contributed by atoms with Crippen LogP contribution in [0.2, 0.25) is 5.02 Å². The van der Waals surface area contributed by atoms with E-state index in [1.54, 1.807) is 0 Å². The van der Waals surface area contributed by atoms with Crippen LogP contribution in [-0.2, 0) is 9.59 Å². The van der Waals surface area contributed by atoms with Crippen molar-refractivity contribution < 1.29 is 9.59 Å². The van der Waals surface area contributed by atoms with E-state index in [0.29, 0.717) is 25.4 Å². The Bertz CT molecular complexity index is 581. The van der Waals surface area contributed by atoms with Gasteiger partial charge in [-0.3, -0.25) is 24.3 Å². The fourth-order valence-electron chi connectivity index (χ4n) is 3.44. The molecular weight excluding hydrogens is 326 g/mol. The van der Waals surface area contributed by atoms with Gasteiger partial charge in [0.05, 0.1) is 0 Å². The molecule has 5 nitrogen and oxygen atoms in total. The molecule has 24 heavy (non-hydrogen) atoms. The van der Waals surface area contributed by atoms with Crippen molar-refractivity contribution in [2.45, 2.75) is 25.8 Å². The monoisotopic (exact) mass is 349 g/mol. The van der Waals surface area contributed by atoms with Gasteiger partial charge in [-0.1, -0.05) is 23.7 Å². The zero-order chi connectivity index (χ0) is 17.1. The highest BCUT2D eigenvalue weighted by Gasteiger charge is 2.29. The van der Waals surface area contributed by atoms with E-state index in [1.807, 2.05) is 12.1 Å². The summed E-state index contributed by atoms with van der Waals surface area (Å²) in [6, 6.07) is 8.42. The molecule has 0 radical (unpaired) electrons. The highest BCUT2D eigenvalue weighted by atomic mass is 35.5. The molecule has 0 N–H and O–H groups in total. The number of hydrogen-bond donors (Lipinski definition) is 0. The Morgan fingerprint density at radius 1 is 0.958 bits per heavy atom. The maximum Gasteiger partial charge on any atom is 0.229 e. The molecule has 0 bridgehead atoms. The standard InChI is InChI=1S/C18H24ClN3O2/c1-14(15-2-4-16(19)5-3-15)21-11-8-20(9-12-21)10-13-22-17(23)6-7-18(22)24/h2-5,14H,6-13H2,1H3. The first kappa shape index (κ1) is 17.4. The fraction of sp³-hybridized carbons (Fsp3) is 0.556. The highest BCUT2D eigenvalue weighted by molar-refractivity contribution is 6.30. The van der Waals surface area contributed by atoms with Crippen molar-refractivity contribution in [2.75, 3.05) is 39.3 Å². The number of carbonyl (C=O) groups is 2. The summed E-state index contributed by atoms with van der Waals surface area (Å²) in [7, 11) is 0. The van der Waals surface area contributed by atoms with E-state index in [1.165, 1.54) is 10.5 Å². The number of hydrogen-bond acceptors (Lipinski definition) is 4. The quantitative estimate of drug-likeness (QED) is 0.764. The van der Waals surface area contributed by atoms with E-state index < -0.39 is 0 Å². The number of likely N-dealkylation sites (tertiary alicyclic amines) is 1. The molecule has 0 aliphatic carbocycles. The Morgan fingerprint density at radius 2 is 1.54 bits per heavy atom. The molecule has 1 aromatic rings. The van der Waals surface area contributed by atoms with Gasteiger partial charge in [-0.05, 0) is 24.6 Å². The Labute approximate surface area is 148 Å². The van der Waals surface area contributed by atoms with Crippen LogP contribution in [-0.4, -0.2) is 65.8 Å². The molecule has 2 heterocycles. The summed E-state index contributed by atoms with van der Waals surface area (Å²) in [5.74, 6) is -0.0370. The average Bonchev–Trinajstić information content (AvgIpc) is 2.92. The van der Waals surface area contributed by atoms with Gasteiger partial charge in [-0.2, -0.15) is 0 Å². The normalized spacial score (nSPS) is 21.5. The fourth-order valence-corrected chi connectivity index (χ4v) is 3.57. The maximum atomic E-state index is 11.6. The number of halogens is 1. The third-order valence-corrected chi connectivity index (χ3v) is 5.35. The minimum Gasteiger partial charge on any atom is -0.299 e. The molecule has 0 spiro atoms. The second-order valence-electron chi connectivity index (χ2n) is 6.54. The SMILES string of the molecule is CC(c1ccc(Cl)cc1)N1CCN(CCN2C(=O)CCC2=O)CC1. The molecule has 2 fully saturated rings. The van der Waals surface area contributed by atoms with Crippen molar-refractivity contribution >= 4 is 23.4 Å². The lowest BCUT2D eigenvalue weighted by atomic mass is 10.1. The molecule has 2 amide bonds. The third kappa shape index (κ3) is 3.97. The van der Waals surface area contributed by atoms with Crippen molar-refractivity contribution in [3.63, 3.8) is 0 Å². The summed E-state index contributed by atoms with van der Waals surface area (Å²) in [5, 5.41) is 0.766. The van der Waals surface area contributed by atoms with E-state index in [9.17, 15) is 9.59 Å². The zero-order valence-electron chi connectivity index (χ0n) is 14.1. The number of benzene rings is 1. The first-order valence-corrected chi connectivity index (χ1v) is 8.97. The summed E-state index contributed by atoms with van der Waals surface area (Å²) in [6.45, 7) is 7.45. The lowest BCUT2D eigenvalue weighted by molar-refractivity contribution is -0.138. The van der Waals surface area contributed by atoms with E-state index >= 15 is 0 Å². The first-order valence-electron chi connectivity index (χ1n) is 8.59. The summed E-state index contributed by atoms with van der Waals surface area (Å²) in [5.41, 5.74) is 1.28. The summed E-state index contributed by atoms with van der Waals surface area (Å²) >= 11 is 5.96. The van der Waals surface area contributed by atoms with Gasteiger partial charge in [0.15, 0.2) is 0 Å². The van der Waals surface area contributed by atoms with E-state index in [4.69, 9.17) is 11.6 Å². The van der Waals surface area contributed by atoms with Crippen LogP contribution in [0.3, 0.4) is 0 Å². The molecule has 0 saturated carbocycles. The lowest BCUT2D eigenvalue weighted by Crippen LogP contribution is -2.49. The number of nitrogens with zero attached hydrogens (tertiary/aromatic N) is 3. The molecule has 1 unspecified atom stereocenters. The largest absolute Gasteiger partial charge is 0.299 e. The van der Waals surface area contributed by atoms with Gasteiger partial charge in [0, 0.05) is 63.2 Å². The Morgan fingerprint density at radius 3 is 2.12 bits per heavy atom. The molecule has 0 aromatic heterocycles. The van der Waals surface area contributed by atoms with Crippen LogP contribution >= 0.6 is 11.6 Å². The van der Waals surface area contributed by atoms with Crippen molar-refractivity contribution in [3.8, 4) is 0 Å². The topological polar surface area (TPSA) is 43.9 Å². The van der Waals surface area contributed by atoms with E-state index in [-0.39, 0.29) is 11.8 Å². The smallest absolute Gasteiger partial charge is 0.229 e.